The van der Waals surface area contributed by atoms with Crippen LogP contribution in [0.5, 0.6) is 5.75 Å². The van der Waals surface area contributed by atoms with E-state index in [0.29, 0.717) is 0 Å². The second-order valence-electron chi connectivity index (χ2n) is 5.85. The molecule has 2 aromatic rings. The summed E-state index contributed by atoms with van der Waals surface area (Å²) in [5.41, 5.74) is 3.23. The molecule has 0 fully saturated rings. The van der Waals surface area contributed by atoms with Crippen molar-refractivity contribution in [2.45, 2.75) is 52.1 Å². The van der Waals surface area contributed by atoms with Crippen molar-refractivity contribution in [1.29, 1.82) is 0 Å². The molecule has 0 radical (unpaired) electrons. The van der Waals surface area contributed by atoms with Crippen molar-refractivity contribution < 1.29 is 4.74 Å². The second kappa shape index (κ2) is 5.31. The summed E-state index contributed by atoms with van der Waals surface area (Å²) in [6.07, 6.45) is 5.50. The first kappa shape index (κ1) is 13.2. The average Bonchev–Trinajstić information content (AvgIpc) is 2.64. The van der Waals surface area contributed by atoms with E-state index in [-0.39, 0.29) is 11.5 Å². The lowest BCUT2D eigenvalue weighted by Crippen LogP contribution is -2.14. The second-order valence-corrected chi connectivity index (χ2v) is 5.85. The number of benzene rings is 1. The van der Waals surface area contributed by atoms with Crippen LogP contribution in [0.2, 0.25) is 0 Å². The lowest BCUT2D eigenvalue weighted by atomic mass is 10.0. The number of rotatable bonds is 2. The maximum Gasteiger partial charge on any atom is 0.192 e. The standard InChI is InChI=1S/C17H21NO2/c1-11(2)20-12-8-9-16-14(10-12)17(19)13-6-4-3-5-7-15(13)18-16/h8-11H,3-7H2,1-2H3,(H,18,19). The third kappa shape index (κ3) is 2.45. The normalized spacial score (nSPS) is 15.2. The Bertz CT molecular complexity index is 685. The molecule has 106 valence electrons. The summed E-state index contributed by atoms with van der Waals surface area (Å²) >= 11 is 0. The fraction of sp³-hybridized carbons (Fsp3) is 0.471. The minimum Gasteiger partial charge on any atom is -0.491 e. The average molecular weight is 271 g/mol. The van der Waals surface area contributed by atoms with Gasteiger partial charge < -0.3 is 9.72 Å². The summed E-state index contributed by atoms with van der Waals surface area (Å²) in [7, 11) is 0. The number of ether oxygens (including phenoxy) is 1. The zero-order chi connectivity index (χ0) is 14.1. The largest absolute Gasteiger partial charge is 0.491 e. The molecule has 0 atom stereocenters. The highest BCUT2D eigenvalue weighted by atomic mass is 16.5. The van der Waals surface area contributed by atoms with E-state index in [1.165, 1.54) is 12.8 Å². The van der Waals surface area contributed by atoms with Crippen molar-refractivity contribution in [2.75, 3.05) is 0 Å². The van der Waals surface area contributed by atoms with Crippen molar-refractivity contribution in [3.8, 4) is 5.75 Å². The number of hydrogen-bond acceptors (Lipinski definition) is 2. The van der Waals surface area contributed by atoms with Crippen LogP contribution in [0.1, 0.15) is 44.4 Å². The van der Waals surface area contributed by atoms with Gasteiger partial charge in [-0.2, -0.15) is 0 Å². The fourth-order valence-corrected chi connectivity index (χ4v) is 2.96. The van der Waals surface area contributed by atoms with Gasteiger partial charge >= 0.3 is 0 Å². The van der Waals surface area contributed by atoms with Gasteiger partial charge in [-0.15, -0.1) is 0 Å². The molecule has 0 aliphatic heterocycles. The molecule has 0 saturated heterocycles. The molecule has 3 heteroatoms. The lowest BCUT2D eigenvalue weighted by molar-refractivity contribution is 0.243. The molecule has 0 unspecified atom stereocenters. The Balaban J connectivity index is 2.15. The quantitative estimate of drug-likeness (QED) is 0.848. The Morgan fingerprint density at radius 3 is 2.75 bits per heavy atom. The summed E-state index contributed by atoms with van der Waals surface area (Å²) < 4.78 is 5.69. The van der Waals surface area contributed by atoms with E-state index in [0.717, 1.165) is 47.2 Å². The van der Waals surface area contributed by atoms with Gasteiger partial charge in [0.1, 0.15) is 5.75 Å². The number of nitrogens with one attached hydrogen (secondary N) is 1. The highest BCUT2D eigenvalue weighted by molar-refractivity contribution is 5.81. The molecular formula is C17H21NO2. The summed E-state index contributed by atoms with van der Waals surface area (Å²) in [6.45, 7) is 3.98. The number of pyridine rings is 1. The van der Waals surface area contributed by atoms with Crippen LogP contribution >= 0.6 is 0 Å². The van der Waals surface area contributed by atoms with Gasteiger partial charge in [0.25, 0.3) is 0 Å². The van der Waals surface area contributed by atoms with E-state index >= 15 is 0 Å². The third-order valence-electron chi connectivity index (χ3n) is 3.88. The van der Waals surface area contributed by atoms with E-state index < -0.39 is 0 Å². The molecule has 1 aliphatic rings. The van der Waals surface area contributed by atoms with Gasteiger partial charge in [-0.05, 0) is 57.7 Å². The van der Waals surface area contributed by atoms with Crippen LogP contribution in [0.15, 0.2) is 23.0 Å². The minimum absolute atomic E-state index is 0.118. The minimum atomic E-state index is 0.118. The van der Waals surface area contributed by atoms with Crippen LogP contribution in [-0.2, 0) is 12.8 Å². The Hall–Kier alpha value is -1.77. The van der Waals surface area contributed by atoms with Crippen molar-refractivity contribution in [3.63, 3.8) is 0 Å². The molecule has 3 nitrogen and oxygen atoms in total. The summed E-state index contributed by atoms with van der Waals surface area (Å²) in [6, 6.07) is 5.76. The Morgan fingerprint density at radius 1 is 1.15 bits per heavy atom. The molecule has 0 spiro atoms. The van der Waals surface area contributed by atoms with Gasteiger partial charge in [0, 0.05) is 22.2 Å². The monoisotopic (exact) mass is 271 g/mol. The predicted octanol–water partition coefficient (Wildman–Crippen LogP) is 3.58. The molecule has 1 aromatic carbocycles. The van der Waals surface area contributed by atoms with Crippen molar-refractivity contribution in [3.05, 3.63) is 39.7 Å². The molecular weight excluding hydrogens is 250 g/mol. The smallest absolute Gasteiger partial charge is 0.192 e. The third-order valence-corrected chi connectivity index (χ3v) is 3.88. The number of aryl methyl sites for hydroxylation is 1. The van der Waals surface area contributed by atoms with Crippen molar-refractivity contribution in [1.82, 2.24) is 4.98 Å². The molecule has 0 amide bonds. The number of aromatic amines is 1. The van der Waals surface area contributed by atoms with Crippen LogP contribution in [0, 0.1) is 0 Å². The summed E-state index contributed by atoms with van der Waals surface area (Å²) in [5, 5.41) is 0.754. The van der Waals surface area contributed by atoms with Crippen LogP contribution in [0.25, 0.3) is 10.9 Å². The Morgan fingerprint density at radius 2 is 1.95 bits per heavy atom. The molecule has 20 heavy (non-hydrogen) atoms. The predicted molar refractivity (Wildman–Crippen MR) is 81.6 cm³/mol. The molecule has 0 bridgehead atoms. The molecule has 1 aromatic heterocycles. The summed E-state index contributed by atoms with van der Waals surface area (Å²) in [5.74, 6) is 0.770. The fourth-order valence-electron chi connectivity index (χ4n) is 2.96. The van der Waals surface area contributed by atoms with Gasteiger partial charge in [0.05, 0.1) is 6.10 Å². The molecule has 3 rings (SSSR count). The number of hydrogen-bond donors (Lipinski definition) is 1. The zero-order valence-electron chi connectivity index (χ0n) is 12.2. The first-order valence-corrected chi connectivity index (χ1v) is 7.49. The number of H-pyrrole nitrogens is 1. The lowest BCUT2D eigenvalue weighted by Gasteiger charge is -2.12. The van der Waals surface area contributed by atoms with E-state index in [1.807, 2.05) is 32.0 Å². The van der Waals surface area contributed by atoms with Gasteiger partial charge in [-0.25, -0.2) is 0 Å². The Kier molecular flexibility index (Phi) is 3.51. The maximum absolute atomic E-state index is 12.7. The van der Waals surface area contributed by atoms with Gasteiger partial charge in [0.15, 0.2) is 5.43 Å². The Labute approximate surface area is 119 Å². The number of fused-ring (bicyclic) bond motifs is 2. The molecule has 1 heterocycles. The SMILES string of the molecule is CC(C)Oc1ccc2[nH]c3c(c(=O)c2c1)CCCCC3. The first-order chi connectivity index (χ1) is 9.65. The van der Waals surface area contributed by atoms with Crippen LogP contribution in [0.4, 0.5) is 0 Å². The highest BCUT2D eigenvalue weighted by Gasteiger charge is 2.15. The van der Waals surface area contributed by atoms with Crippen LogP contribution < -0.4 is 10.2 Å². The van der Waals surface area contributed by atoms with E-state index in [2.05, 4.69) is 4.98 Å². The highest BCUT2D eigenvalue weighted by Crippen LogP contribution is 2.23. The van der Waals surface area contributed by atoms with Crippen LogP contribution in [0.3, 0.4) is 0 Å². The van der Waals surface area contributed by atoms with Crippen molar-refractivity contribution >= 4 is 10.9 Å². The van der Waals surface area contributed by atoms with Gasteiger partial charge in [-0.1, -0.05) is 6.42 Å². The van der Waals surface area contributed by atoms with E-state index in [1.54, 1.807) is 0 Å². The topological polar surface area (TPSA) is 42.1 Å². The van der Waals surface area contributed by atoms with Gasteiger partial charge in [-0.3, -0.25) is 4.79 Å². The molecule has 1 N–H and O–H groups in total. The van der Waals surface area contributed by atoms with Crippen LogP contribution in [-0.4, -0.2) is 11.1 Å². The first-order valence-electron chi connectivity index (χ1n) is 7.49. The van der Waals surface area contributed by atoms with E-state index in [9.17, 15) is 4.79 Å². The summed E-state index contributed by atoms with van der Waals surface area (Å²) in [4.78, 5) is 16.1. The van der Waals surface area contributed by atoms with Gasteiger partial charge in [0.2, 0.25) is 0 Å². The maximum atomic E-state index is 12.7. The molecule has 0 saturated carbocycles. The molecule has 1 aliphatic carbocycles. The van der Waals surface area contributed by atoms with E-state index in [4.69, 9.17) is 4.74 Å². The van der Waals surface area contributed by atoms with Crippen molar-refractivity contribution in [2.24, 2.45) is 0 Å². The zero-order valence-corrected chi connectivity index (χ0v) is 12.2. The number of aromatic nitrogens is 1.